The van der Waals surface area contributed by atoms with Crippen LogP contribution in [0.15, 0.2) is 41.2 Å². The Morgan fingerprint density at radius 2 is 1.96 bits per heavy atom. The summed E-state index contributed by atoms with van der Waals surface area (Å²) in [5.41, 5.74) is 0.394. The van der Waals surface area contributed by atoms with Crippen molar-refractivity contribution in [3.05, 3.63) is 36.3 Å². The highest BCUT2D eigenvalue weighted by atomic mass is 32.2. The van der Waals surface area contributed by atoms with Crippen molar-refractivity contribution in [1.82, 2.24) is 4.31 Å². The highest BCUT2D eigenvalue weighted by Crippen LogP contribution is 2.23. The number of carbonyl (C=O) groups excluding carboxylic acids is 1. The summed E-state index contributed by atoms with van der Waals surface area (Å²) >= 11 is 0. The van der Waals surface area contributed by atoms with E-state index in [1.165, 1.54) is 22.7 Å². The Bertz CT molecular complexity index is 723. The Morgan fingerprint density at radius 3 is 2.65 bits per heavy atom. The molecule has 2 aliphatic heterocycles. The van der Waals surface area contributed by atoms with E-state index in [9.17, 15) is 13.2 Å². The second-order valence-electron chi connectivity index (χ2n) is 5.29. The first-order valence-corrected chi connectivity index (χ1v) is 8.87. The fourth-order valence-corrected chi connectivity index (χ4v) is 4.06. The van der Waals surface area contributed by atoms with Gasteiger partial charge >= 0.3 is 0 Å². The summed E-state index contributed by atoms with van der Waals surface area (Å²) in [6.07, 6.45) is 3.01. The summed E-state index contributed by atoms with van der Waals surface area (Å²) in [5.74, 6) is -0.399. The van der Waals surface area contributed by atoms with Gasteiger partial charge in [0.1, 0.15) is 19.5 Å². The lowest BCUT2D eigenvalue weighted by Crippen LogP contribution is -2.28. The second kappa shape index (κ2) is 6.59. The minimum Gasteiger partial charge on any atom is -0.494 e. The normalized spacial score (nSPS) is 18.7. The minimum atomic E-state index is -3.51. The number of sulfonamides is 1. The number of nitrogens with one attached hydrogen (secondary N) is 1. The van der Waals surface area contributed by atoms with Gasteiger partial charge in [-0.3, -0.25) is 4.79 Å². The van der Waals surface area contributed by atoms with E-state index in [2.05, 4.69) is 5.32 Å². The first-order chi connectivity index (χ1) is 11.1. The third-order valence-corrected chi connectivity index (χ3v) is 5.56. The Labute approximate surface area is 134 Å². The molecule has 23 heavy (non-hydrogen) atoms. The third kappa shape index (κ3) is 3.48. The number of benzene rings is 1. The molecule has 1 fully saturated rings. The van der Waals surface area contributed by atoms with Gasteiger partial charge < -0.3 is 14.8 Å². The van der Waals surface area contributed by atoms with Crippen molar-refractivity contribution in [2.75, 3.05) is 31.6 Å². The van der Waals surface area contributed by atoms with Crippen molar-refractivity contribution in [2.24, 2.45) is 0 Å². The molecule has 0 bridgehead atoms. The Hall–Kier alpha value is -2.06. The molecular formula is C15H18N2O5S. The number of amides is 1. The maximum absolute atomic E-state index is 12.5. The van der Waals surface area contributed by atoms with Crippen LogP contribution in [-0.4, -0.2) is 44.9 Å². The van der Waals surface area contributed by atoms with Crippen molar-refractivity contribution in [2.45, 2.75) is 17.7 Å². The summed E-state index contributed by atoms with van der Waals surface area (Å²) in [6.45, 7) is 1.79. The Balaban J connectivity index is 1.77. The van der Waals surface area contributed by atoms with Crippen LogP contribution in [0.25, 0.3) is 0 Å². The SMILES string of the molecule is O=C(Nc1cccc(S(=O)(=O)N2CCCC2)c1)C1=COCCO1. The molecule has 8 heteroatoms. The zero-order chi connectivity index (χ0) is 16.3. The monoisotopic (exact) mass is 338 g/mol. The molecule has 0 unspecified atom stereocenters. The number of carbonyl (C=O) groups is 1. The van der Waals surface area contributed by atoms with Crippen LogP contribution in [0.5, 0.6) is 0 Å². The van der Waals surface area contributed by atoms with Gasteiger partial charge in [-0.15, -0.1) is 0 Å². The number of nitrogens with zero attached hydrogens (tertiary/aromatic N) is 1. The van der Waals surface area contributed by atoms with E-state index in [4.69, 9.17) is 9.47 Å². The van der Waals surface area contributed by atoms with Gasteiger partial charge in [0, 0.05) is 18.8 Å². The summed E-state index contributed by atoms with van der Waals surface area (Å²) in [4.78, 5) is 12.2. The third-order valence-electron chi connectivity index (χ3n) is 3.67. The van der Waals surface area contributed by atoms with Gasteiger partial charge in [0.25, 0.3) is 5.91 Å². The molecule has 0 aromatic heterocycles. The predicted molar refractivity (Wildman–Crippen MR) is 83.1 cm³/mol. The van der Waals surface area contributed by atoms with Crippen LogP contribution in [0, 0.1) is 0 Å². The molecular weight excluding hydrogens is 320 g/mol. The molecule has 1 amide bonds. The van der Waals surface area contributed by atoms with Crippen LogP contribution in [-0.2, 0) is 24.3 Å². The maximum atomic E-state index is 12.5. The number of hydrogen-bond acceptors (Lipinski definition) is 5. The first kappa shape index (κ1) is 15.8. The predicted octanol–water partition coefficient (Wildman–Crippen LogP) is 1.30. The fraction of sp³-hybridized carbons (Fsp3) is 0.400. The second-order valence-corrected chi connectivity index (χ2v) is 7.23. The van der Waals surface area contributed by atoms with E-state index in [-0.39, 0.29) is 10.7 Å². The fourth-order valence-electron chi connectivity index (χ4n) is 2.49. The molecule has 0 spiro atoms. The van der Waals surface area contributed by atoms with Crippen LogP contribution < -0.4 is 5.32 Å². The molecule has 0 atom stereocenters. The first-order valence-electron chi connectivity index (χ1n) is 7.43. The molecule has 1 N–H and O–H groups in total. The van der Waals surface area contributed by atoms with E-state index in [1.54, 1.807) is 12.1 Å². The maximum Gasteiger partial charge on any atom is 0.294 e. The highest BCUT2D eigenvalue weighted by Gasteiger charge is 2.27. The minimum absolute atomic E-state index is 0.0732. The van der Waals surface area contributed by atoms with Crippen LogP contribution in [0.4, 0.5) is 5.69 Å². The summed E-state index contributed by atoms with van der Waals surface area (Å²) in [5, 5.41) is 2.62. The van der Waals surface area contributed by atoms with E-state index in [0.717, 1.165) is 12.8 Å². The van der Waals surface area contributed by atoms with Crippen LogP contribution in [0.3, 0.4) is 0 Å². The Morgan fingerprint density at radius 1 is 1.17 bits per heavy atom. The van der Waals surface area contributed by atoms with Crippen molar-refractivity contribution < 1.29 is 22.7 Å². The number of hydrogen-bond donors (Lipinski definition) is 1. The molecule has 1 saturated heterocycles. The molecule has 0 aliphatic carbocycles. The average Bonchev–Trinajstić information content (AvgIpc) is 3.11. The van der Waals surface area contributed by atoms with Gasteiger partial charge in [-0.05, 0) is 31.0 Å². The summed E-state index contributed by atoms with van der Waals surface area (Å²) < 4.78 is 36.8. The molecule has 1 aromatic rings. The van der Waals surface area contributed by atoms with Crippen molar-refractivity contribution in [1.29, 1.82) is 0 Å². The average molecular weight is 338 g/mol. The molecule has 2 heterocycles. The molecule has 124 valence electrons. The lowest BCUT2D eigenvalue weighted by atomic mass is 10.3. The zero-order valence-electron chi connectivity index (χ0n) is 12.5. The van der Waals surface area contributed by atoms with E-state index in [1.807, 2.05) is 0 Å². The standard InChI is InChI=1S/C15H18N2O5S/c18-15(14-11-21-8-9-22-14)16-12-4-3-5-13(10-12)23(19,20)17-6-1-2-7-17/h3-5,10-11H,1-2,6-9H2,(H,16,18). The number of anilines is 1. The van der Waals surface area contributed by atoms with Crippen molar-refractivity contribution in [3.63, 3.8) is 0 Å². The van der Waals surface area contributed by atoms with Gasteiger partial charge in [-0.25, -0.2) is 8.42 Å². The number of rotatable bonds is 4. The molecule has 7 nitrogen and oxygen atoms in total. The molecule has 0 radical (unpaired) electrons. The highest BCUT2D eigenvalue weighted by molar-refractivity contribution is 7.89. The zero-order valence-corrected chi connectivity index (χ0v) is 13.3. The quantitative estimate of drug-likeness (QED) is 0.894. The Kier molecular flexibility index (Phi) is 4.53. The van der Waals surface area contributed by atoms with Crippen LogP contribution in [0.1, 0.15) is 12.8 Å². The van der Waals surface area contributed by atoms with Crippen LogP contribution in [0.2, 0.25) is 0 Å². The van der Waals surface area contributed by atoms with Gasteiger partial charge in [-0.2, -0.15) is 4.31 Å². The molecule has 3 rings (SSSR count). The molecule has 0 saturated carbocycles. The summed E-state index contributed by atoms with van der Waals surface area (Å²) in [7, 11) is -3.51. The van der Waals surface area contributed by atoms with E-state index >= 15 is 0 Å². The largest absolute Gasteiger partial charge is 0.494 e. The number of ether oxygens (including phenoxy) is 2. The lowest BCUT2D eigenvalue weighted by molar-refractivity contribution is -0.117. The van der Waals surface area contributed by atoms with Gasteiger partial charge in [0.15, 0.2) is 0 Å². The smallest absolute Gasteiger partial charge is 0.294 e. The molecule has 1 aromatic carbocycles. The summed E-state index contributed by atoms with van der Waals surface area (Å²) in [6, 6.07) is 6.22. The topological polar surface area (TPSA) is 84.9 Å². The van der Waals surface area contributed by atoms with Gasteiger partial charge in [0.05, 0.1) is 4.90 Å². The van der Waals surface area contributed by atoms with Gasteiger partial charge in [0.2, 0.25) is 15.8 Å². The van der Waals surface area contributed by atoms with E-state index < -0.39 is 15.9 Å². The van der Waals surface area contributed by atoms with Crippen LogP contribution >= 0.6 is 0 Å². The van der Waals surface area contributed by atoms with E-state index in [0.29, 0.717) is 32.0 Å². The van der Waals surface area contributed by atoms with Crippen molar-refractivity contribution in [3.8, 4) is 0 Å². The van der Waals surface area contributed by atoms with Crippen molar-refractivity contribution >= 4 is 21.6 Å². The molecule has 2 aliphatic rings. The lowest BCUT2D eigenvalue weighted by Gasteiger charge is -2.17. The van der Waals surface area contributed by atoms with Gasteiger partial charge in [-0.1, -0.05) is 6.07 Å².